The minimum Gasteiger partial charge on any atom is -0.274 e. The molecule has 0 aromatic heterocycles. The maximum Gasteiger partial charge on any atom is 0.253 e. The zero-order chi connectivity index (χ0) is 20.4. The number of benzene rings is 3. The molecule has 150 valence electrons. The lowest BCUT2D eigenvalue weighted by molar-refractivity contribution is -0.126. The number of hydrogen-bond donors (Lipinski definition) is 0. The minimum atomic E-state index is -0.445. The zero-order valence-electron chi connectivity index (χ0n) is 16.2. The van der Waals surface area contributed by atoms with Crippen molar-refractivity contribution in [2.24, 2.45) is 5.92 Å². The quantitative estimate of drug-likeness (QED) is 0.590. The predicted octanol–water partition coefficient (Wildman–Crippen LogP) is 4.03. The van der Waals surface area contributed by atoms with Crippen molar-refractivity contribution in [3.8, 4) is 0 Å². The Morgan fingerprint density at radius 3 is 2.27 bits per heavy atom. The molecule has 0 radical (unpaired) electrons. The Labute approximate surface area is 179 Å². The average molecular weight is 418 g/mol. The number of anilines is 1. The van der Waals surface area contributed by atoms with Crippen molar-refractivity contribution < 1.29 is 9.59 Å². The number of fused-ring (bicyclic) bond motifs is 4. The van der Waals surface area contributed by atoms with E-state index in [-0.39, 0.29) is 17.9 Å². The SMILES string of the molecule is O=C1[C@@H]2[C@H](C(=O)N1c1cccc3ccccc13)N1CCCN1[C@H]2c1ccc(Cl)cc1. The van der Waals surface area contributed by atoms with Gasteiger partial charge in [0.05, 0.1) is 17.6 Å². The molecular weight excluding hydrogens is 398 g/mol. The van der Waals surface area contributed by atoms with Crippen molar-refractivity contribution in [2.75, 3.05) is 18.0 Å². The largest absolute Gasteiger partial charge is 0.274 e. The van der Waals surface area contributed by atoms with Gasteiger partial charge in [-0.1, -0.05) is 60.1 Å². The van der Waals surface area contributed by atoms with Crippen LogP contribution in [0.3, 0.4) is 0 Å². The van der Waals surface area contributed by atoms with Gasteiger partial charge in [-0.15, -0.1) is 0 Å². The highest BCUT2D eigenvalue weighted by atomic mass is 35.5. The summed E-state index contributed by atoms with van der Waals surface area (Å²) in [5, 5.41) is 6.94. The molecule has 3 heterocycles. The maximum absolute atomic E-state index is 13.7. The number of imide groups is 1. The van der Waals surface area contributed by atoms with Crippen molar-refractivity contribution in [3.63, 3.8) is 0 Å². The second kappa shape index (κ2) is 6.64. The van der Waals surface area contributed by atoms with Gasteiger partial charge in [0.1, 0.15) is 6.04 Å². The van der Waals surface area contributed by atoms with E-state index in [9.17, 15) is 9.59 Å². The van der Waals surface area contributed by atoms with E-state index in [2.05, 4.69) is 10.0 Å². The van der Waals surface area contributed by atoms with Gasteiger partial charge in [0, 0.05) is 23.5 Å². The van der Waals surface area contributed by atoms with Gasteiger partial charge in [-0.2, -0.15) is 0 Å². The highest BCUT2D eigenvalue weighted by molar-refractivity contribution is 6.30. The molecule has 3 atom stereocenters. The molecule has 0 N–H and O–H groups in total. The second-order valence-electron chi connectivity index (χ2n) is 8.16. The molecule has 6 heteroatoms. The molecule has 30 heavy (non-hydrogen) atoms. The van der Waals surface area contributed by atoms with Gasteiger partial charge in [-0.05, 0) is 35.6 Å². The van der Waals surface area contributed by atoms with Crippen LogP contribution in [0.25, 0.3) is 10.8 Å². The number of rotatable bonds is 2. The topological polar surface area (TPSA) is 43.9 Å². The van der Waals surface area contributed by atoms with Crippen LogP contribution >= 0.6 is 11.6 Å². The fourth-order valence-electron chi connectivity index (χ4n) is 5.41. The molecule has 0 unspecified atom stereocenters. The van der Waals surface area contributed by atoms with Crippen LogP contribution in [0.4, 0.5) is 5.69 Å². The minimum absolute atomic E-state index is 0.115. The number of hydrogen-bond acceptors (Lipinski definition) is 4. The molecule has 5 nitrogen and oxygen atoms in total. The van der Waals surface area contributed by atoms with E-state index in [1.165, 1.54) is 4.90 Å². The molecule has 3 saturated heterocycles. The van der Waals surface area contributed by atoms with E-state index in [0.717, 1.165) is 35.8 Å². The second-order valence-corrected chi connectivity index (χ2v) is 8.59. The Balaban J connectivity index is 1.48. The average Bonchev–Trinajstić information content (AvgIpc) is 3.41. The summed E-state index contributed by atoms with van der Waals surface area (Å²) in [6, 6.07) is 20.7. The predicted molar refractivity (Wildman–Crippen MR) is 116 cm³/mol. The highest BCUT2D eigenvalue weighted by Crippen LogP contribution is 2.49. The summed E-state index contributed by atoms with van der Waals surface area (Å²) in [7, 11) is 0. The van der Waals surface area contributed by atoms with Crippen LogP contribution in [0.1, 0.15) is 18.0 Å². The molecule has 0 saturated carbocycles. The number of nitrogens with zero attached hydrogens (tertiary/aromatic N) is 3. The Morgan fingerprint density at radius 1 is 0.767 bits per heavy atom. The summed E-state index contributed by atoms with van der Waals surface area (Å²) >= 11 is 6.10. The normalized spacial score (nSPS) is 26.6. The van der Waals surface area contributed by atoms with Crippen LogP contribution in [0.15, 0.2) is 66.7 Å². The van der Waals surface area contributed by atoms with Crippen LogP contribution in [-0.4, -0.2) is 41.0 Å². The first kappa shape index (κ1) is 18.1. The van der Waals surface area contributed by atoms with Gasteiger partial charge in [-0.25, -0.2) is 14.9 Å². The van der Waals surface area contributed by atoms with Crippen LogP contribution in [0, 0.1) is 5.92 Å². The summed E-state index contributed by atoms with van der Waals surface area (Å²) in [6.45, 7) is 1.66. The number of amides is 2. The zero-order valence-corrected chi connectivity index (χ0v) is 17.0. The smallest absolute Gasteiger partial charge is 0.253 e. The third-order valence-corrected chi connectivity index (χ3v) is 6.88. The van der Waals surface area contributed by atoms with E-state index >= 15 is 0 Å². The van der Waals surface area contributed by atoms with Crippen molar-refractivity contribution in [1.29, 1.82) is 0 Å². The number of carbonyl (C=O) groups excluding carboxylic acids is 2. The van der Waals surface area contributed by atoms with Gasteiger partial charge in [-0.3, -0.25) is 9.59 Å². The molecule has 6 rings (SSSR count). The van der Waals surface area contributed by atoms with Crippen LogP contribution in [0.2, 0.25) is 5.02 Å². The van der Waals surface area contributed by atoms with E-state index < -0.39 is 12.0 Å². The van der Waals surface area contributed by atoms with E-state index in [1.54, 1.807) is 0 Å². The Kier molecular flexibility index (Phi) is 4.00. The number of halogens is 1. The summed E-state index contributed by atoms with van der Waals surface area (Å²) in [6.07, 6.45) is 0.989. The van der Waals surface area contributed by atoms with Gasteiger partial charge in [0.15, 0.2) is 0 Å². The maximum atomic E-state index is 13.7. The van der Waals surface area contributed by atoms with E-state index in [1.807, 2.05) is 66.7 Å². The molecule has 3 aromatic rings. The molecule has 3 aliphatic heterocycles. The van der Waals surface area contributed by atoms with Crippen molar-refractivity contribution >= 4 is 39.9 Å². The first-order chi connectivity index (χ1) is 14.6. The number of hydrazine groups is 1. The fourth-order valence-corrected chi connectivity index (χ4v) is 5.54. The lowest BCUT2D eigenvalue weighted by Gasteiger charge is -2.30. The Bertz CT molecular complexity index is 1170. The monoisotopic (exact) mass is 417 g/mol. The molecular formula is C24H20ClN3O2. The lowest BCUT2D eigenvalue weighted by Crippen LogP contribution is -2.44. The van der Waals surface area contributed by atoms with Gasteiger partial charge < -0.3 is 0 Å². The molecule has 2 amide bonds. The molecule has 0 bridgehead atoms. The van der Waals surface area contributed by atoms with Crippen molar-refractivity contribution in [2.45, 2.75) is 18.5 Å². The van der Waals surface area contributed by atoms with Gasteiger partial charge >= 0.3 is 0 Å². The third-order valence-electron chi connectivity index (χ3n) is 6.62. The molecule has 0 spiro atoms. The first-order valence-corrected chi connectivity index (χ1v) is 10.7. The molecule has 3 aromatic carbocycles. The molecule has 0 aliphatic carbocycles. The number of carbonyl (C=O) groups is 2. The van der Waals surface area contributed by atoms with Crippen molar-refractivity contribution in [1.82, 2.24) is 10.0 Å². The first-order valence-electron chi connectivity index (χ1n) is 10.3. The van der Waals surface area contributed by atoms with Crippen LogP contribution in [0.5, 0.6) is 0 Å². The van der Waals surface area contributed by atoms with E-state index in [0.29, 0.717) is 10.7 Å². The van der Waals surface area contributed by atoms with Gasteiger partial charge in [0.2, 0.25) is 5.91 Å². The van der Waals surface area contributed by atoms with Gasteiger partial charge in [0.25, 0.3) is 5.91 Å². The summed E-state index contributed by atoms with van der Waals surface area (Å²) in [5.41, 5.74) is 1.71. The lowest BCUT2D eigenvalue weighted by atomic mass is 9.90. The standard InChI is InChI=1S/C24H20ClN3O2/c25-17-11-9-16(10-12-17)21-20-22(27-14-4-13-26(21)27)24(30)28(23(20)29)19-8-3-6-15-5-1-2-7-18(15)19/h1-3,5-12,20-22H,4,13-14H2/t20-,21-,22+/m0/s1. The van der Waals surface area contributed by atoms with E-state index in [4.69, 9.17) is 11.6 Å². The van der Waals surface area contributed by atoms with Crippen LogP contribution in [-0.2, 0) is 9.59 Å². The van der Waals surface area contributed by atoms with Crippen LogP contribution < -0.4 is 4.90 Å². The molecule has 3 aliphatic rings. The Hall–Kier alpha value is -2.73. The Morgan fingerprint density at radius 2 is 1.47 bits per heavy atom. The fraction of sp³-hybridized carbons (Fsp3) is 0.250. The molecule has 3 fully saturated rings. The highest BCUT2D eigenvalue weighted by Gasteiger charge is 2.62. The summed E-state index contributed by atoms with van der Waals surface area (Å²) < 4.78 is 0. The third kappa shape index (κ3) is 2.43. The summed E-state index contributed by atoms with van der Waals surface area (Å²) in [4.78, 5) is 28.8. The summed E-state index contributed by atoms with van der Waals surface area (Å²) in [5.74, 6) is -0.654. The van der Waals surface area contributed by atoms with Crippen molar-refractivity contribution in [3.05, 3.63) is 77.3 Å².